The van der Waals surface area contributed by atoms with Gasteiger partial charge in [-0.05, 0) is 62.2 Å². The van der Waals surface area contributed by atoms with Crippen LogP contribution in [0.1, 0.15) is 54.5 Å². The maximum Gasteiger partial charge on any atom is 0.188 e. The first-order chi connectivity index (χ1) is 15.9. The van der Waals surface area contributed by atoms with Crippen molar-refractivity contribution in [2.75, 3.05) is 13.9 Å². The number of benzene rings is 3. The molecule has 3 nitrogen and oxygen atoms in total. The molecule has 0 radical (unpaired) electrons. The Labute approximate surface area is 201 Å². The molecule has 0 heterocycles. The molecular weight excluding hydrogens is 425 g/mol. The summed E-state index contributed by atoms with van der Waals surface area (Å²) in [6.45, 7) is 11.4. The first-order valence-electron chi connectivity index (χ1n) is 11.6. The van der Waals surface area contributed by atoms with Crippen LogP contribution in [0, 0.1) is 20.8 Å². The maximum atomic E-state index is 6.14. The van der Waals surface area contributed by atoms with Crippen molar-refractivity contribution in [3.63, 3.8) is 0 Å². The molecule has 0 N–H and O–H groups in total. The topological polar surface area (TPSA) is 30.8 Å². The average Bonchev–Trinajstić information content (AvgIpc) is 2.82. The van der Waals surface area contributed by atoms with E-state index in [1.54, 1.807) is 7.11 Å². The number of para-hydroxylation sites is 1. The van der Waals surface area contributed by atoms with Crippen molar-refractivity contribution in [2.24, 2.45) is 4.99 Å². The summed E-state index contributed by atoms with van der Waals surface area (Å²) in [5.74, 6) is 0.965. The SMILES string of the molecule is CCC(CC)(Pc1c(C)cccc1C=Nc1ccccc1)c1cc(C)cc(C)c1OCOC. The lowest BCUT2D eigenvalue weighted by Gasteiger charge is -2.36. The standard InChI is InChI=1S/C29H36NO2P/c1-7-29(8-2,26-18-21(3)17-23(5)27(26)32-20-31-6)33-28-22(4)13-12-14-24(28)19-30-25-15-10-9-11-16-25/h9-19,33H,7-8,20H2,1-6H3. The predicted octanol–water partition coefficient (Wildman–Crippen LogP) is 7.36. The monoisotopic (exact) mass is 461 g/mol. The third kappa shape index (κ3) is 5.91. The van der Waals surface area contributed by atoms with E-state index in [0.29, 0.717) is 8.58 Å². The highest BCUT2D eigenvalue weighted by Crippen LogP contribution is 2.51. The molecule has 3 aromatic carbocycles. The molecule has 0 spiro atoms. The highest BCUT2D eigenvalue weighted by atomic mass is 31.1. The molecule has 3 rings (SSSR count). The van der Waals surface area contributed by atoms with Gasteiger partial charge >= 0.3 is 0 Å². The number of nitrogens with zero attached hydrogens (tertiary/aromatic N) is 1. The van der Waals surface area contributed by atoms with E-state index in [-0.39, 0.29) is 11.9 Å². The summed E-state index contributed by atoms with van der Waals surface area (Å²) in [4.78, 5) is 4.76. The van der Waals surface area contributed by atoms with Gasteiger partial charge in [-0.3, -0.25) is 4.99 Å². The average molecular weight is 462 g/mol. The van der Waals surface area contributed by atoms with E-state index in [0.717, 1.165) is 29.8 Å². The van der Waals surface area contributed by atoms with Crippen molar-refractivity contribution < 1.29 is 9.47 Å². The molecule has 33 heavy (non-hydrogen) atoms. The maximum absolute atomic E-state index is 6.14. The molecule has 0 amide bonds. The van der Waals surface area contributed by atoms with Crippen LogP contribution in [0.5, 0.6) is 5.75 Å². The summed E-state index contributed by atoms with van der Waals surface area (Å²) in [5.41, 5.74) is 7.17. The lowest BCUT2D eigenvalue weighted by atomic mass is 9.89. The summed E-state index contributed by atoms with van der Waals surface area (Å²) < 4.78 is 11.4. The third-order valence-corrected chi connectivity index (χ3v) is 8.63. The molecule has 0 bridgehead atoms. The van der Waals surface area contributed by atoms with Gasteiger partial charge in [-0.25, -0.2) is 0 Å². The Kier molecular flexibility index (Phi) is 8.83. The molecule has 174 valence electrons. The smallest absolute Gasteiger partial charge is 0.188 e. The molecule has 0 saturated carbocycles. The van der Waals surface area contributed by atoms with Crippen LogP contribution < -0.4 is 10.0 Å². The molecule has 0 aromatic heterocycles. The fourth-order valence-electron chi connectivity index (χ4n) is 4.36. The van der Waals surface area contributed by atoms with Crippen molar-refractivity contribution >= 4 is 25.8 Å². The summed E-state index contributed by atoms with van der Waals surface area (Å²) >= 11 is 0. The fourth-order valence-corrected chi connectivity index (χ4v) is 6.09. The van der Waals surface area contributed by atoms with Crippen molar-refractivity contribution in [3.8, 4) is 5.75 Å². The Hall–Kier alpha value is -2.48. The van der Waals surface area contributed by atoms with Crippen LogP contribution >= 0.6 is 8.58 Å². The van der Waals surface area contributed by atoms with Crippen molar-refractivity contribution in [3.05, 3.63) is 88.5 Å². The van der Waals surface area contributed by atoms with Crippen LogP contribution in [0.2, 0.25) is 0 Å². The highest BCUT2D eigenvalue weighted by Gasteiger charge is 2.34. The Morgan fingerprint density at radius 2 is 1.64 bits per heavy atom. The number of hydrogen-bond donors (Lipinski definition) is 0. The molecule has 0 aliphatic carbocycles. The molecule has 0 fully saturated rings. The van der Waals surface area contributed by atoms with Gasteiger partial charge in [-0.15, -0.1) is 0 Å². The summed E-state index contributed by atoms with van der Waals surface area (Å²) in [6.07, 6.45) is 4.07. The Morgan fingerprint density at radius 1 is 0.909 bits per heavy atom. The van der Waals surface area contributed by atoms with E-state index in [9.17, 15) is 0 Å². The number of hydrogen-bond acceptors (Lipinski definition) is 3. The number of aryl methyl sites for hydroxylation is 3. The van der Waals surface area contributed by atoms with Crippen molar-refractivity contribution in [1.29, 1.82) is 0 Å². The molecule has 0 aliphatic rings. The second-order valence-electron chi connectivity index (χ2n) is 8.56. The normalized spacial score (nSPS) is 12.2. The Bertz CT molecular complexity index is 1090. The second-order valence-corrected chi connectivity index (χ2v) is 10.3. The van der Waals surface area contributed by atoms with Crippen LogP contribution in [0.4, 0.5) is 5.69 Å². The summed E-state index contributed by atoms with van der Waals surface area (Å²) in [5, 5.41) is 1.35. The van der Waals surface area contributed by atoms with Crippen LogP contribution in [-0.4, -0.2) is 20.1 Å². The largest absolute Gasteiger partial charge is 0.467 e. The number of aliphatic imine (C=N–C) groups is 1. The zero-order chi connectivity index (χ0) is 23.8. The van der Waals surface area contributed by atoms with E-state index < -0.39 is 0 Å². The van der Waals surface area contributed by atoms with Gasteiger partial charge in [0.15, 0.2) is 6.79 Å². The summed E-state index contributed by atoms with van der Waals surface area (Å²) in [7, 11) is 2.26. The van der Waals surface area contributed by atoms with Crippen LogP contribution in [0.15, 0.2) is 65.7 Å². The summed E-state index contributed by atoms with van der Waals surface area (Å²) in [6, 6.07) is 21.1. The molecule has 1 unspecified atom stereocenters. The number of ether oxygens (including phenoxy) is 2. The van der Waals surface area contributed by atoms with Gasteiger partial charge in [0.2, 0.25) is 0 Å². The van der Waals surface area contributed by atoms with Crippen molar-refractivity contribution in [2.45, 2.75) is 52.6 Å². The highest BCUT2D eigenvalue weighted by molar-refractivity contribution is 7.49. The van der Waals surface area contributed by atoms with E-state index in [1.165, 1.54) is 27.6 Å². The molecule has 4 heteroatoms. The van der Waals surface area contributed by atoms with Gasteiger partial charge < -0.3 is 9.47 Å². The molecule has 0 aliphatic heterocycles. The third-order valence-electron chi connectivity index (χ3n) is 6.24. The van der Waals surface area contributed by atoms with Crippen LogP contribution in [0.3, 0.4) is 0 Å². The molecule has 0 saturated heterocycles. The Morgan fingerprint density at radius 3 is 2.30 bits per heavy atom. The van der Waals surface area contributed by atoms with E-state index >= 15 is 0 Å². The minimum Gasteiger partial charge on any atom is -0.467 e. The van der Waals surface area contributed by atoms with Crippen LogP contribution in [0.25, 0.3) is 0 Å². The van der Waals surface area contributed by atoms with Gasteiger partial charge in [-0.2, -0.15) is 0 Å². The van der Waals surface area contributed by atoms with E-state index in [2.05, 4.69) is 65.0 Å². The minimum atomic E-state index is -0.0265. The minimum absolute atomic E-state index is 0.0265. The lowest BCUT2D eigenvalue weighted by Crippen LogP contribution is -2.25. The van der Waals surface area contributed by atoms with E-state index in [1.807, 2.05) is 36.5 Å². The fraction of sp³-hybridized carbons (Fsp3) is 0.345. The van der Waals surface area contributed by atoms with Gasteiger partial charge in [0.25, 0.3) is 0 Å². The van der Waals surface area contributed by atoms with Crippen molar-refractivity contribution in [1.82, 2.24) is 0 Å². The van der Waals surface area contributed by atoms with Gasteiger partial charge in [0.1, 0.15) is 5.75 Å². The van der Waals surface area contributed by atoms with Gasteiger partial charge in [0.05, 0.1) is 5.69 Å². The number of methoxy groups -OCH3 is 1. The van der Waals surface area contributed by atoms with Gasteiger partial charge in [-0.1, -0.05) is 76.5 Å². The molecule has 1 atom stereocenters. The second kappa shape index (κ2) is 11.6. The van der Waals surface area contributed by atoms with E-state index in [4.69, 9.17) is 14.5 Å². The first-order valence-corrected chi connectivity index (χ1v) is 12.6. The Balaban J connectivity index is 2.09. The molecule has 3 aromatic rings. The predicted molar refractivity (Wildman–Crippen MR) is 144 cm³/mol. The zero-order valence-corrected chi connectivity index (χ0v) is 21.7. The zero-order valence-electron chi connectivity index (χ0n) is 20.7. The van der Waals surface area contributed by atoms with Gasteiger partial charge in [0, 0.05) is 29.6 Å². The lowest BCUT2D eigenvalue weighted by molar-refractivity contribution is 0.0494. The first kappa shape index (κ1) is 25.1. The quantitative estimate of drug-likeness (QED) is 0.179. The van der Waals surface area contributed by atoms with Crippen LogP contribution in [-0.2, 0) is 9.89 Å². The number of rotatable bonds is 10. The molecular formula is C29H36NO2P.